The predicted octanol–water partition coefficient (Wildman–Crippen LogP) is 2.90. The molecule has 2 aromatic rings. The SMILES string of the molecule is N[C@@H](c1ccccc1)c1n[nH]c(C2CCCCC2)n1. The summed E-state index contributed by atoms with van der Waals surface area (Å²) < 4.78 is 0. The number of benzene rings is 1. The Hall–Kier alpha value is -1.68. The van der Waals surface area contributed by atoms with Gasteiger partial charge in [0.05, 0.1) is 6.04 Å². The van der Waals surface area contributed by atoms with E-state index < -0.39 is 0 Å². The van der Waals surface area contributed by atoms with E-state index in [1.807, 2.05) is 30.3 Å². The molecule has 0 radical (unpaired) electrons. The van der Waals surface area contributed by atoms with Crippen LogP contribution in [0.4, 0.5) is 0 Å². The standard InChI is InChI=1S/C15H20N4/c16-13(11-7-3-1-4-8-11)15-17-14(18-19-15)12-9-5-2-6-10-12/h1,3-4,7-8,12-13H,2,5-6,9-10,16H2,(H,17,18,19)/t13-/m0/s1. The summed E-state index contributed by atoms with van der Waals surface area (Å²) >= 11 is 0. The second-order valence-corrected chi connectivity index (χ2v) is 5.30. The van der Waals surface area contributed by atoms with E-state index in [2.05, 4.69) is 15.2 Å². The van der Waals surface area contributed by atoms with Crippen molar-refractivity contribution in [2.75, 3.05) is 0 Å². The van der Waals surface area contributed by atoms with E-state index in [1.54, 1.807) is 0 Å². The van der Waals surface area contributed by atoms with Crippen LogP contribution in [0.25, 0.3) is 0 Å². The van der Waals surface area contributed by atoms with Crippen molar-refractivity contribution in [3.05, 3.63) is 47.5 Å². The van der Waals surface area contributed by atoms with Crippen molar-refractivity contribution in [1.82, 2.24) is 15.2 Å². The Morgan fingerprint density at radius 2 is 1.84 bits per heavy atom. The molecule has 1 saturated carbocycles. The Morgan fingerprint density at radius 3 is 2.58 bits per heavy atom. The van der Waals surface area contributed by atoms with Crippen molar-refractivity contribution in [3.63, 3.8) is 0 Å². The minimum Gasteiger partial charge on any atom is -0.318 e. The van der Waals surface area contributed by atoms with Gasteiger partial charge in [-0.05, 0) is 18.4 Å². The Bertz CT molecular complexity index is 514. The first-order valence-electron chi connectivity index (χ1n) is 7.07. The zero-order chi connectivity index (χ0) is 13.1. The Balaban J connectivity index is 1.77. The van der Waals surface area contributed by atoms with E-state index in [0.717, 1.165) is 11.4 Å². The molecule has 0 aliphatic heterocycles. The van der Waals surface area contributed by atoms with E-state index in [-0.39, 0.29) is 6.04 Å². The molecule has 1 atom stereocenters. The molecule has 100 valence electrons. The normalized spacial score (nSPS) is 18.4. The van der Waals surface area contributed by atoms with Crippen LogP contribution in [0.1, 0.15) is 61.3 Å². The van der Waals surface area contributed by atoms with Crippen LogP contribution in [0, 0.1) is 0 Å². The summed E-state index contributed by atoms with van der Waals surface area (Å²) in [6.07, 6.45) is 6.38. The largest absolute Gasteiger partial charge is 0.318 e. The van der Waals surface area contributed by atoms with E-state index in [0.29, 0.717) is 11.7 Å². The molecule has 1 aliphatic rings. The third-order valence-corrected chi connectivity index (χ3v) is 3.95. The van der Waals surface area contributed by atoms with Crippen LogP contribution in [0.2, 0.25) is 0 Å². The first kappa shape index (κ1) is 12.4. The summed E-state index contributed by atoms with van der Waals surface area (Å²) in [5, 5.41) is 7.39. The highest BCUT2D eigenvalue weighted by Crippen LogP contribution is 2.31. The Morgan fingerprint density at radius 1 is 1.11 bits per heavy atom. The van der Waals surface area contributed by atoms with E-state index in [9.17, 15) is 0 Å². The van der Waals surface area contributed by atoms with Crippen molar-refractivity contribution < 1.29 is 0 Å². The fourth-order valence-corrected chi connectivity index (χ4v) is 2.80. The van der Waals surface area contributed by atoms with Gasteiger partial charge in [-0.1, -0.05) is 49.6 Å². The number of hydrogen-bond acceptors (Lipinski definition) is 3. The molecule has 3 N–H and O–H groups in total. The fourth-order valence-electron chi connectivity index (χ4n) is 2.80. The number of nitrogens with zero attached hydrogens (tertiary/aromatic N) is 2. The van der Waals surface area contributed by atoms with Gasteiger partial charge in [0.1, 0.15) is 5.82 Å². The molecular weight excluding hydrogens is 236 g/mol. The predicted molar refractivity (Wildman–Crippen MR) is 74.7 cm³/mol. The second-order valence-electron chi connectivity index (χ2n) is 5.30. The molecule has 0 bridgehead atoms. The summed E-state index contributed by atoms with van der Waals surface area (Å²) in [4.78, 5) is 4.62. The maximum Gasteiger partial charge on any atom is 0.171 e. The molecular formula is C15H20N4. The topological polar surface area (TPSA) is 67.6 Å². The van der Waals surface area contributed by atoms with Crippen LogP contribution in [-0.4, -0.2) is 15.2 Å². The average molecular weight is 256 g/mol. The van der Waals surface area contributed by atoms with Crippen molar-refractivity contribution in [3.8, 4) is 0 Å². The van der Waals surface area contributed by atoms with Gasteiger partial charge in [-0.25, -0.2) is 4.98 Å². The highest BCUT2D eigenvalue weighted by Gasteiger charge is 2.21. The number of nitrogens with one attached hydrogen (secondary N) is 1. The van der Waals surface area contributed by atoms with Gasteiger partial charge in [0.25, 0.3) is 0 Å². The summed E-state index contributed by atoms with van der Waals surface area (Å²) in [6.45, 7) is 0. The lowest BCUT2D eigenvalue weighted by Gasteiger charge is -2.18. The summed E-state index contributed by atoms with van der Waals surface area (Å²) in [7, 11) is 0. The van der Waals surface area contributed by atoms with E-state index in [4.69, 9.17) is 5.73 Å². The quantitative estimate of drug-likeness (QED) is 0.887. The summed E-state index contributed by atoms with van der Waals surface area (Å²) in [5.41, 5.74) is 7.27. The molecule has 1 aliphatic carbocycles. The van der Waals surface area contributed by atoms with Crippen LogP contribution >= 0.6 is 0 Å². The smallest absolute Gasteiger partial charge is 0.171 e. The van der Waals surface area contributed by atoms with Gasteiger partial charge in [-0.3, -0.25) is 5.10 Å². The number of rotatable bonds is 3. The van der Waals surface area contributed by atoms with Gasteiger partial charge in [0.2, 0.25) is 0 Å². The lowest BCUT2D eigenvalue weighted by molar-refractivity contribution is 0.429. The lowest BCUT2D eigenvalue weighted by Crippen LogP contribution is -2.13. The molecule has 0 unspecified atom stereocenters. The van der Waals surface area contributed by atoms with Crippen LogP contribution in [0.5, 0.6) is 0 Å². The maximum absolute atomic E-state index is 6.21. The third-order valence-electron chi connectivity index (χ3n) is 3.95. The molecule has 4 nitrogen and oxygen atoms in total. The monoisotopic (exact) mass is 256 g/mol. The number of aromatic amines is 1. The van der Waals surface area contributed by atoms with E-state index >= 15 is 0 Å². The average Bonchev–Trinajstić information content (AvgIpc) is 2.98. The van der Waals surface area contributed by atoms with Crippen LogP contribution in [0.3, 0.4) is 0 Å². The molecule has 1 aromatic carbocycles. The molecule has 0 saturated heterocycles. The molecule has 1 aromatic heterocycles. The van der Waals surface area contributed by atoms with Crippen LogP contribution in [0.15, 0.2) is 30.3 Å². The fraction of sp³-hybridized carbons (Fsp3) is 0.467. The highest BCUT2D eigenvalue weighted by molar-refractivity contribution is 5.24. The number of aromatic nitrogens is 3. The zero-order valence-electron chi connectivity index (χ0n) is 11.0. The van der Waals surface area contributed by atoms with Gasteiger partial charge in [-0.15, -0.1) is 0 Å². The minimum absolute atomic E-state index is 0.241. The minimum atomic E-state index is -0.241. The molecule has 4 heteroatoms. The van der Waals surface area contributed by atoms with Gasteiger partial charge in [-0.2, -0.15) is 5.10 Å². The summed E-state index contributed by atoms with van der Waals surface area (Å²) in [5.74, 6) is 2.26. The van der Waals surface area contributed by atoms with Crippen LogP contribution < -0.4 is 5.73 Å². The third kappa shape index (κ3) is 2.68. The van der Waals surface area contributed by atoms with Gasteiger partial charge >= 0.3 is 0 Å². The van der Waals surface area contributed by atoms with Gasteiger partial charge in [0.15, 0.2) is 5.82 Å². The first-order chi connectivity index (χ1) is 9.34. The van der Waals surface area contributed by atoms with Crippen LogP contribution in [-0.2, 0) is 0 Å². The molecule has 1 fully saturated rings. The second kappa shape index (κ2) is 5.53. The van der Waals surface area contributed by atoms with Crippen molar-refractivity contribution >= 4 is 0 Å². The molecule has 0 amide bonds. The van der Waals surface area contributed by atoms with Crippen molar-refractivity contribution in [2.24, 2.45) is 5.73 Å². The molecule has 1 heterocycles. The zero-order valence-corrected chi connectivity index (χ0v) is 11.0. The molecule has 3 rings (SSSR count). The van der Waals surface area contributed by atoms with Gasteiger partial charge in [0, 0.05) is 5.92 Å². The molecule has 0 spiro atoms. The highest BCUT2D eigenvalue weighted by atomic mass is 15.2. The maximum atomic E-state index is 6.21. The van der Waals surface area contributed by atoms with E-state index in [1.165, 1.54) is 32.1 Å². The number of hydrogen-bond donors (Lipinski definition) is 2. The molecule has 19 heavy (non-hydrogen) atoms. The Labute approximate surface area is 113 Å². The Kier molecular flexibility index (Phi) is 3.60. The lowest BCUT2D eigenvalue weighted by atomic mass is 9.89. The number of H-pyrrole nitrogens is 1. The van der Waals surface area contributed by atoms with Gasteiger partial charge < -0.3 is 5.73 Å². The summed E-state index contributed by atoms with van der Waals surface area (Å²) in [6, 6.07) is 9.76. The van der Waals surface area contributed by atoms with Crippen molar-refractivity contribution in [2.45, 2.75) is 44.1 Å². The number of nitrogens with two attached hydrogens (primary N) is 1. The van der Waals surface area contributed by atoms with Crippen molar-refractivity contribution in [1.29, 1.82) is 0 Å². The first-order valence-corrected chi connectivity index (χ1v) is 7.07.